The van der Waals surface area contributed by atoms with Crippen LogP contribution in [0.5, 0.6) is 0 Å². The van der Waals surface area contributed by atoms with Crippen LogP contribution in [0.25, 0.3) is 0 Å². The summed E-state index contributed by atoms with van der Waals surface area (Å²) < 4.78 is 13.9. The molecule has 0 aromatic heterocycles. The molecule has 1 aromatic rings. The van der Waals surface area contributed by atoms with Crippen molar-refractivity contribution in [2.75, 3.05) is 14.1 Å². The lowest BCUT2D eigenvalue weighted by Gasteiger charge is -2.44. The van der Waals surface area contributed by atoms with Gasteiger partial charge >= 0.3 is 0 Å². The molecule has 0 saturated heterocycles. The van der Waals surface area contributed by atoms with Crippen molar-refractivity contribution in [1.82, 2.24) is 4.90 Å². The third-order valence-corrected chi connectivity index (χ3v) is 5.60. The normalized spacial score (nSPS) is 20.3. The van der Waals surface area contributed by atoms with E-state index in [-0.39, 0.29) is 17.4 Å². The van der Waals surface area contributed by atoms with Gasteiger partial charge in [0.05, 0.1) is 4.47 Å². The summed E-state index contributed by atoms with van der Waals surface area (Å²) in [5.41, 5.74) is 7.79. The molecule has 1 aliphatic carbocycles. The van der Waals surface area contributed by atoms with Gasteiger partial charge in [0.2, 0.25) is 0 Å². The predicted octanol–water partition coefficient (Wildman–Crippen LogP) is 4.11. The molecule has 2 N–H and O–H groups in total. The van der Waals surface area contributed by atoms with Crippen LogP contribution in [0.3, 0.4) is 0 Å². The van der Waals surface area contributed by atoms with Crippen LogP contribution in [0, 0.1) is 5.82 Å². The average Bonchev–Trinajstić information content (AvgIpc) is 2.69. The van der Waals surface area contributed by atoms with E-state index in [1.165, 1.54) is 31.7 Å². The van der Waals surface area contributed by atoms with E-state index in [4.69, 9.17) is 5.73 Å². The van der Waals surface area contributed by atoms with Crippen LogP contribution in [-0.2, 0) is 6.42 Å². The van der Waals surface area contributed by atoms with Gasteiger partial charge in [-0.3, -0.25) is 0 Å². The second-order valence-electron chi connectivity index (χ2n) is 6.47. The van der Waals surface area contributed by atoms with Crippen molar-refractivity contribution in [1.29, 1.82) is 0 Å². The maximum atomic E-state index is 13.4. The Labute approximate surface area is 136 Å². The fourth-order valence-corrected chi connectivity index (χ4v) is 4.03. The Morgan fingerprint density at radius 3 is 2.38 bits per heavy atom. The second kappa shape index (κ2) is 7.21. The van der Waals surface area contributed by atoms with Gasteiger partial charge in [-0.1, -0.05) is 31.7 Å². The SMILES string of the molecule is CN(C)C1(C(N)Cc2ccc(F)c(Br)c2)CCCCCC1. The molecule has 1 saturated carbocycles. The number of rotatable bonds is 4. The molecule has 4 heteroatoms. The number of likely N-dealkylation sites (N-methyl/N-ethyl adjacent to an activating group) is 1. The van der Waals surface area contributed by atoms with Crippen molar-refractivity contribution in [3.05, 3.63) is 34.1 Å². The Kier molecular flexibility index (Phi) is 5.81. The minimum atomic E-state index is -0.218. The van der Waals surface area contributed by atoms with Crippen molar-refractivity contribution in [3.8, 4) is 0 Å². The van der Waals surface area contributed by atoms with Crippen LogP contribution in [0.1, 0.15) is 44.1 Å². The number of hydrogen-bond acceptors (Lipinski definition) is 2. The maximum absolute atomic E-state index is 13.4. The van der Waals surface area contributed by atoms with Crippen molar-refractivity contribution in [2.45, 2.75) is 56.5 Å². The minimum absolute atomic E-state index is 0.0668. The Hall–Kier alpha value is -0.450. The van der Waals surface area contributed by atoms with Gasteiger partial charge in [0.1, 0.15) is 5.82 Å². The summed E-state index contributed by atoms with van der Waals surface area (Å²) in [4.78, 5) is 2.32. The Morgan fingerprint density at radius 1 is 1.24 bits per heavy atom. The Bertz CT molecular complexity index is 468. The molecular weight excluding hydrogens is 331 g/mol. The highest BCUT2D eigenvalue weighted by Gasteiger charge is 2.38. The molecule has 1 aliphatic rings. The second-order valence-corrected chi connectivity index (χ2v) is 7.33. The first kappa shape index (κ1) is 16.9. The molecule has 0 spiro atoms. The third kappa shape index (κ3) is 3.85. The first-order chi connectivity index (χ1) is 9.95. The lowest BCUT2D eigenvalue weighted by atomic mass is 9.79. The molecule has 1 atom stereocenters. The van der Waals surface area contributed by atoms with Crippen molar-refractivity contribution >= 4 is 15.9 Å². The van der Waals surface area contributed by atoms with Crippen molar-refractivity contribution in [2.24, 2.45) is 5.73 Å². The first-order valence-corrected chi connectivity index (χ1v) is 8.62. The average molecular weight is 357 g/mol. The van der Waals surface area contributed by atoms with E-state index in [9.17, 15) is 4.39 Å². The van der Waals surface area contributed by atoms with Crippen molar-refractivity contribution in [3.63, 3.8) is 0 Å². The molecule has 2 rings (SSSR count). The number of nitrogens with zero attached hydrogens (tertiary/aromatic N) is 1. The summed E-state index contributed by atoms with van der Waals surface area (Å²) in [6.45, 7) is 0. The monoisotopic (exact) mass is 356 g/mol. The molecular formula is C17H26BrFN2. The largest absolute Gasteiger partial charge is 0.326 e. The van der Waals surface area contributed by atoms with E-state index < -0.39 is 0 Å². The number of hydrogen-bond donors (Lipinski definition) is 1. The lowest BCUT2D eigenvalue weighted by molar-refractivity contribution is 0.0968. The van der Waals surface area contributed by atoms with Gasteiger partial charge in [-0.05, 0) is 67.0 Å². The van der Waals surface area contributed by atoms with Crippen LogP contribution in [0.4, 0.5) is 4.39 Å². The zero-order valence-corrected chi connectivity index (χ0v) is 14.6. The van der Waals surface area contributed by atoms with E-state index in [0.29, 0.717) is 4.47 Å². The van der Waals surface area contributed by atoms with E-state index in [2.05, 4.69) is 34.9 Å². The van der Waals surface area contributed by atoms with Crippen LogP contribution < -0.4 is 5.73 Å². The fraction of sp³-hybridized carbons (Fsp3) is 0.647. The van der Waals surface area contributed by atoms with Crippen LogP contribution >= 0.6 is 15.9 Å². The van der Waals surface area contributed by atoms with E-state index >= 15 is 0 Å². The van der Waals surface area contributed by atoms with Gasteiger partial charge in [-0.15, -0.1) is 0 Å². The summed E-state index contributed by atoms with van der Waals surface area (Å²) in [6, 6.07) is 5.29. The maximum Gasteiger partial charge on any atom is 0.137 e. The molecule has 0 radical (unpaired) electrons. The summed E-state index contributed by atoms with van der Waals surface area (Å²) in [6.07, 6.45) is 8.22. The van der Waals surface area contributed by atoms with Gasteiger partial charge in [0.25, 0.3) is 0 Å². The van der Waals surface area contributed by atoms with Crippen LogP contribution in [0.2, 0.25) is 0 Å². The first-order valence-electron chi connectivity index (χ1n) is 7.82. The molecule has 2 nitrogen and oxygen atoms in total. The quantitative estimate of drug-likeness (QED) is 0.822. The molecule has 0 heterocycles. The zero-order valence-electron chi connectivity index (χ0n) is 13.0. The molecule has 0 amide bonds. The molecule has 1 unspecified atom stereocenters. The molecule has 0 bridgehead atoms. The summed E-state index contributed by atoms with van der Waals surface area (Å²) in [7, 11) is 4.29. The molecule has 1 aromatic carbocycles. The smallest absolute Gasteiger partial charge is 0.137 e. The van der Waals surface area contributed by atoms with Gasteiger partial charge in [0.15, 0.2) is 0 Å². The summed E-state index contributed by atoms with van der Waals surface area (Å²) >= 11 is 3.26. The number of benzene rings is 1. The highest BCUT2D eigenvalue weighted by molar-refractivity contribution is 9.10. The fourth-order valence-electron chi connectivity index (χ4n) is 3.60. The predicted molar refractivity (Wildman–Crippen MR) is 89.9 cm³/mol. The molecule has 1 fully saturated rings. The Balaban J connectivity index is 2.17. The highest BCUT2D eigenvalue weighted by Crippen LogP contribution is 2.34. The van der Waals surface area contributed by atoms with E-state index in [1.807, 2.05) is 12.1 Å². The minimum Gasteiger partial charge on any atom is -0.326 e. The zero-order chi connectivity index (χ0) is 15.5. The molecule has 118 valence electrons. The van der Waals surface area contributed by atoms with E-state index in [1.54, 1.807) is 0 Å². The highest BCUT2D eigenvalue weighted by atomic mass is 79.9. The van der Waals surface area contributed by atoms with Gasteiger partial charge in [0, 0.05) is 11.6 Å². The van der Waals surface area contributed by atoms with Crippen LogP contribution in [0.15, 0.2) is 22.7 Å². The molecule has 21 heavy (non-hydrogen) atoms. The van der Waals surface area contributed by atoms with Crippen molar-refractivity contribution < 1.29 is 4.39 Å². The van der Waals surface area contributed by atoms with Gasteiger partial charge in [-0.25, -0.2) is 4.39 Å². The third-order valence-electron chi connectivity index (χ3n) is 4.99. The standard InChI is InChI=1S/C17H26BrFN2/c1-21(2)17(9-5-3-4-6-10-17)16(20)12-13-7-8-15(19)14(18)11-13/h7-8,11,16H,3-6,9-10,12,20H2,1-2H3. The van der Waals surface area contributed by atoms with Gasteiger partial charge < -0.3 is 10.6 Å². The number of nitrogens with two attached hydrogens (primary N) is 1. The number of halogens is 2. The lowest BCUT2D eigenvalue weighted by Crippen LogP contribution is -2.58. The summed E-state index contributed by atoms with van der Waals surface area (Å²) in [5.74, 6) is -0.218. The Morgan fingerprint density at radius 2 is 1.86 bits per heavy atom. The summed E-state index contributed by atoms with van der Waals surface area (Å²) in [5, 5.41) is 0. The van der Waals surface area contributed by atoms with E-state index in [0.717, 1.165) is 24.8 Å². The van der Waals surface area contributed by atoms with Gasteiger partial charge in [-0.2, -0.15) is 0 Å². The molecule has 0 aliphatic heterocycles. The van der Waals surface area contributed by atoms with Crippen LogP contribution in [-0.4, -0.2) is 30.6 Å². The topological polar surface area (TPSA) is 29.3 Å².